The molecule has 9 heteroatoms. The number of rotatable bonds is 5. The second-order valence-electron chi connectivity index (χ2n) is 7.37. The topological polar surface area (TPSA) is 73.2 Å². The fraction of sp³-hybridized carbons (Fsp3) is 0.0400. The standard InChI is InChI=1S/C25H16FN3O3S2/c26-16-7-9-17(10-8-16)29-22(27-20-4-2-1-3-19(20)24(29)31)14-32-18-11-5-15(6-12-18)13-21-23(30)28-25(33)34-21/h1-13H,14H2,(H,28,30,33)/b21-13+. The number of halogens is 1. The summed E-state index contributed by atoms with van der Waals surface area (Å²) < 4.78 is 21.3. The molecule has 1 aliphatic heterocycles. The van der Waals surface area contributed by atoms with Gasteiger partial charge in [-0.15, -0.1) is 0 Å². The molecule has 4 aromatic rings. The van der Waals surface area contributed by atoms with E-state index in [2.05, 4.69) is 10.3 Å². The average Bonchev–Trinajstić information content (AvgIpc) is 3.16. The van der Waals surface area contributed by atoms with Crippen LogP contribution in [0.4, 0.5) is 4.39 Å². The minimum atomic E-state index is -0.395. The number of fused-ring (bicyclic) bond motifs is 1. The molecule has 0 aliphatic carbocycles. The van der Waals surface area contributed by atoms with Crippen LogP contribution in [-0.2, 0) is 11.4 Å². The number of carbonyl (C=O) groups is 1. The van der Waals surface area contributed by atoms with Crippen LogP contribution in [0.1, 0.15) is 11.4 Å². The predicted octanol–water partition coefficient (Wildman–Crippen LogP) is 4.59. The van der Waals surface area contributed by atoms with Crippen LogP contribution in [0.25, 0.3) is 22.7 Å². The van der Waals surface area contributed by atoms with Crippen LogP contribution < -0.4 is 15.6 Å². The fourth-order valence-electron chi connectivity index (χ4n) is 3.51. The monoisotopic (exact) mass is 489 g/mol. The van der Waals surface area contributed by atoms with E-state index in [1.165, 1.54) is 40.6 Å². The van der Waals surface area contributed by atoms with Crippen molar-refractivity contribution in [1.29, 1.82) is 0 Å². The van der Waals surface area contributed by atoms with Crippen molar-refractivity contribution in [3.63, 3.8) is 0 Å². The lowest BCUT2D eigenvalue weighted by Gasteiger charge is -2.14. The van der Waals surface area contributed by atoms with Gasteiger partial charge in [0.1, 0.15) is 22.5 Å². The summed E-state index contributed by atoms with van der Waals surface area (Å²) in [7, 11) is 0. The van der Waals surface area contributed by atoms with Crippen molar-refractivity contribution in [2.45, 2.75) is 6.61 Å². The van der Waals surface area contributed by atoms with E-state index in [1.54, 1.807) is 36.4 Å². The van der Waals surface area contributed by atoms with Gasteiger partial charge in [0, 0.05) is 0 Å². The first-order valence-corrected chi connectivity index (χ1v) is 11.4. The number of para-hydroxylation sites is 1. The molecule has 6 nitrogen and oxygen atoms in total. The molecular weight excluding hydrogens is 473 g/mol. The van der Waals surface area contributed by atoms with E-state index in [4.69, 9.17) is 17.0 Å². The minimum absolute atomic E-state index is 0.0183. The van der Waals surface area contributed by atoms with Crippen molar-refractivity contribution in [1.82, 2.24) is 14.9 Å². The molecule has 3 aromatic carbocycles. The van der Waals surface area contributed by atoms with E-state index < -0.39 is 5.82 Å². The zero-order valence-electron chi connectivity index (χ0n) is 17.5. The lowest BCUT2D eigenvalue weighted by molar-refractivity contribution is -0.115. The summed E-state index contributed by atoms with van der Waals surface area (Å²) in [6, 6.07) is 19.9. The quantitative estimate of drug-likeness (QED) is 0.327. The van der Waals surface area contributed by atoms with Gasteiger partial charge in [0.25, 0.3) is 11.5 Å². The number of ether oxygens (including phenoxy) is 1. The number of thioether (sulfide) groups is 1. The van der Waals surface area contributed by atoms with Crippen molar-refractivity contribution < 1.29 is 13.9 Å². The second kappa shape index (κ2) is 9.20. The number of nitrogens with one attached hydrogen (secondary N) is 1. The van der Waals surface area contributed by atoms with Gasteiger partial charge in [0.05, 0.1) is 21.5 Å². The van der Waals surface area contributed by atoms with Gasteiger partial charge in [0.2, 0.25) is 0 Å². The number of amides is 1. The summed E-state index contributed by atoms with van der Waals surface area (Å²) >= 11 is 6.22. The SMILES string of the molecule is O=C1NC(=S)S/C1=C/c1ccc(OCc2nc3ccccc3c(=O)n2-c2ccc(F)cc2)cc1. The highest BCUT2D eigenvalue weighted by molar-refractivity contribution is 8.26. The van der Waals surface area contributed by atoms with Crippen LogP contribution in [0.3, 0.4) is 0 Å². The number of hydrogen-bond donors (Lipinski definition) is 1. The number of benzene rings is 3. The van der Waals surface area contributed by atoms with Crippen molar-refractivity contribution in [3.8, 4) is 11.4 Å². The molecule has 1 N–H and O–H groups in total. The van der Waals surface area contributed by atoms with Crippen LogP contribution >= 0.6 is 24.0 Å². The zero-order chi connectivity index (χ0) is 23.7. The van der Waals surface area contributed by atoms with Gasteiger partial charge in [-0.05, 0) is 60.2 Å². The van der Waals surface area contributed by atoms with Crippen LogP contribution in [-0.4, -0.2) is 19.8 Å². The molecule has 1 amide bonds. The van der Waals surface area contributed by atoms with E-state index in [0.29, 0.717) is 37.4 Å². The third-order valence-electron chi connectivity index (χ3n) is 5.12. The summed E-state index contributed by atoms with van der Waals surface area (Å²) in [4.78, 5) is 30.2. The number of aromatic nitrogens is 2. The molecule has 5 rings (SSSR count). The predicted molar refractivity (Wildman–Crippen MR) is 134 cm³/mol. The largest absolute Gasteiger partial charge is 0.486 e. The van der Waals surface area contributed by atoms with Crippen molar-refractivity contribution in [2.75, 3.05) is 0 Å². The Bertz CT molecular complexity index is 1510. The van der Waals surface area contributed by atoms with Gasteiger partial charge >= 0.3 is 0 Å². The molecule has 1 aliphatic rings. The van der Waals surface area contributed by atoms with E-state index >= 15 is 0 Å². The molecule has 1 aromatic heterocycles. The Labute approximate surface area is 203 Å². The van der Waals surface area contributed by atoms with Crippen LogP contribution in [0, 0.1) is 5.82 Å². The molecule has 1 fully saturated rings. The number of thiocarbonyl (C=S) groups is 1. The Kier molecular flexibility index (Phi) is 5.95. The Morgan fingerprint density at radius 1 is 1.03 bits per heavy atom. The summed E-state index contributed by atoms with van der Waals surface area (Å²) in [5.74, 6) is 0.341. The maximum Gasteiger partial charge on any atom is 0.266 e. The maximum absolute atomic E-state index is 13.5. The first kappa shape index (κ1) is 22.0. The Morgan fingerprint density at radius 3 is 2.47 bits per heavy atom. The zero-order valence-corrected chi connectivity index (χ0v) is 19.2. The van der Waals surface area contributed by atoms with Crippen molar-refractivity contribution in [2.24, 2.45) is 0 Å². The molecule has 0 unspecified atom stereocenters. The van der Waals surface area contributed by atoms with Crippen molar-refractivity contribution >= 4 is 51.2 Å². The molecule has 0 spiro atoms. The fourth-order valence-corrected chi connectivity index (χ4v) is 4.56. The smallest absolute Gasteiger partial charge is 0.266 e. The van der Waals surface area contributed by atoms with Crippen LogP contribution in [0.15, 0.2) is 82.5 Å². The Morgan fingerprint density at radius 2 is 1.76 bits per heavy atom. The third kappa shape index (κ3) is 4.48. The molecule has 0 bridgehead atoms. The molecule has 34 heavy (non-hydrogen) atoms. The number of carbonyl (C=O) groups excluding carboxylic acids is 1. The van der Waals surface area contributed by atoms with Gasteiger partial charge in [-0.25, -0.2) is 9.37 Å². The van der Waals surface area contributed by atoms with Gasteiger partial charge in [-0.2, -0.15) is 0 Å². The van der Waals surface area contributed by atoms with Gasteiger partial charge in [-0.3, -0.25) is 14.2 Å². The van der Waals surface area contributed by atoms with Crippen LogP contribution in [0.5, 0.6) is 5.75 Å². The number of nitrogens with zero attached hydrogens (tertiary/aromatic N) is 2. The number of hydrogen-bond acceptors (Lipinski definition) is 6. The van der Waals surface area contributed by atoms with E-state index in [0.717, 1.165) is 5.56 Å². The highest BCUT2D eigenvalue weighted by Crippen LogP contribution is 2.26. The summed E-state index contributed by atoms with van der Waals surface area (Å²) in [6.07, 6.45) is 1.75. The highest BCUT2D eigenvalue weighted by atomic mass is 32.2. The molecule has 0 radical (unpaired) electrons. The maximum atomic E-state index is 13.5. The van der Waals surface area contributed by atoms with E-state index in [1.807, 2.05) is 18.2 Å². The molecule has 0 atom stereocenters. The molecular formula is C25H16FN3O3S2. The average molecular weight is 490 g/mol. The first-order chi connectivity index (χ1) is 16.5. The highest BCUT2D eigenvalue weighted by Gasteiger charge is 2.21. The normalized spacial score (nSPS) is 14.6. The molecule has 0 saturated carbocycles. The van der Waals surface area contributed by atoms with E-state index in [-0.39, 0.29) is 18.1 Å². The molecule has 168 valence electrons. The molecule has 2 heterocycles. The summed E-state index contributed by atoms with van der Waals surface area (Å²) in [5, 5.41) is 3.04. The Balaban J connectivity index is 1.44. The third-order valence-corrected chi connectivity index (χ3v) is 6.28. The minimum Gasteiger partial charge on any atom is -0.486 e. The lowest BCUT2D eigenvalue weighted by atomic mass is 10.2. The van der Waals surface area contributed by atoms with Gasteiger partial charge in [0.15, 0.2) is 5.82 Å². The Hall–Kier alpha value is -3.82. The molecule has 1 saturated heterocycles. The van der Waals surface area contributed by atoms with E-state index in [9.17, 15) is 14.0 Å². The van der Waals surface area contributed by atoms with Crippen molar-refractivity contribution in [3.05, 3.63) is 105 Å². The summed E-state index contributed by atoms with van der Waals surface area (Å²) in [5.41, 5.74) is 1.61. The van der Waals surface area contributed by atoms with Gasteiger partial charge < -0.3 is 10.1 Å². The summed E-state index contributed by atoms with van der Waals surface area (Å²) in [6.45, 7) is 0.0183. The first-order valence-electron chi connectivity index (χ1n) is 10.2. The lowest BCUT2D eigenvalue weighted by Crippen LogP contribution is -2.25. The second-order valence-corrected chi connectivity index (χ2v) is 9.09. The van der Waals surface area contributed by atoms with Crippen LogP contribution in [0.2, 0.25) is 0 Å². The van der Waals surface area contributed by atoms with Gasteiger partial charge in [-0.1, -0.05) is 48.2 Å².